The van der Waals surface area contributed by atoms with Crippen molar-refractivity contribution >= 4 is 11.8 Å². The van der Waals surface area contributed by atoms with Crippen LogP contribution in [0.25, 0.3) is 0 Å². The molecular formula is C22H36N2O3. The van der Waals surface area contributed by atoms with Gasteiger partial charge in [-0.3, -0.25) is 10.2 Å². The van der Waals surface area contributed by atoms with Crippen LogP contribution in [0.2, 0.25) is 0 Å². The molecular weight excluding hydrogens is 340 g/mol. The largest absolute Gasteiger partial charge is 0.494 e. The Morgan fingerprint density at radius 1 is 1.15 bits per heavy atom. The highest BCUT2D eigenvalue weighted by Crippen LogP contribution is 2.26. The summed E-state index contributed by atoms with van der Waals surface area (Å²) in [5.74, 6) is 0.780. The lowest BCUT2D eigenvalue weighted by atomic mass is 9.91. The van der Waals surface area contributed by atoms with Gasteiger partial charge in [0.25, 0.3) is 0 Å². The molecule has 1 amide bonds. The summed E-state index contributed by atoms with van der Waals surface area (Å²) < 4.78 is 11.6. The summed E-state index contributed by atoms with van der Waals surface area (Å²) in [5, 5.41) is 2.87. The molecule has 0 aliphatic heterocycles. The van der Waals surface area contributed by atoms with E-state index in [2.05, 4.69) is 31.0 Å². The number of nitrogens with zero attached hydrogens (tertiary/aromatic N) is 1. The van der Waals surface area contributed by atoms with Crippen molar-refractivity contribution < 1.29 is 14.3 Å². The first kappa shape index (κ1) is 21.5. The van der Waals surface area contributed by atoms with Gasteiger partial charge in [-0.15, -0.1) is 0 Å². The van der Waals surface area contributed by atoms with Gasteiger partial charge in [-0.05, 0) is 50.9 Å². The van der Waals surface area contributed by atoms with Gasteiger partial charge < -0.3 is 9.47 Å². The first-order valence-corrected chi connectivity index (χ1v) is 10.6. The zero-order valence-corrected chi connectivity index (χ0v) is 17.2. The van der Waals surface area contributed by atoms with E-state index in [1.54, 1.807) is 0 Å². The fourth-order valence-corrected chi connectivity index (χ4v) is 3.82. The molecule has 0 radical (unpaired) electrons. The minimum atomic E-state index is -0.373. The third kappa shape index (κ3) is 7.06. The van der Waals surface area contributed by atoms with Gasteiger partial charge in [0.1, 0.15) is 11.9 Å². The third-order valence-electron chi connectivity index (χ3n) is 5.30. The Morgan fingerprint density at radius 2 is 1.93 bits per heavy atom. The van der Waals surface area contributed by atoms with Crippen molar-refractivity contribution in [2.24, 2.45) is 0 Å². The monoisotopic (exact) mass is 376 g/mol. The number of ether oxygens (including phenoxy) is 2. The Morgan fingerprint density at radius 3 is 2.67 bits per heavy atom. The summed E-state index contributed by atoms with van der Waals surface area (Å²) >= 11 is 0. The molecule has 0 heterocycles. The van der Waals surface area contributed by atoms with Crippen LogP contribution in [0, 0.1) is 0 Å². The topological polar surface area (TPSA) is 50.8 Å². The fourth-order valence-electron chi connectivity index (χ4n) is 3.82. The molecule has 2 rings (SSSR count). The van der Waals surface area contributed by atoms with Gasteiger partial charge in [-0.1, -0.05) is 46.1 Å². The predicted octanol–water partition coefficient (Wildman–Crippen LogP) is 5.46. The van der Waals surface area contributed by atoms with Gasteiger partial charge in [0, 0.05) is 17.8 Å². The number of unbranched alkanes of at least 4 members (excludes halogenated alkanes) is 2. The molecule has 1 fully saturated rings. The Bertz CT molecular complexity index is 560. The molecule has 0 bridgehead atoms. The van der Waals surface area contributed by atoms with Crippen molar-refractivity contribution in [2.75, 3.05) is 25.0 Å². The summed E-state index contributed by atoms with van der Waals surface area (Å²) in [5.41, 5.74) is 0.711. The third-order valence-corrected chi connectivity index (χ3v) is 5.30. The number of rotatable bonds is 10. The van der Waals surface area contributed by atoms with E-state index in [0.717, 1.165) is 44.5 Å². The maximum absolute atomic E-state index is 12.4. The molecule has 1 aliphatic carbocycles. The van der Waals surface area contributed by atoms with Crippen LogP contribution >= 0.6 is 0 Å². The van der Waals surface area contributed by atoms with Crippen LogP contribution in [0.3, 0.4) is 0 Å². The van der Waals surface area contributed by atoms with Crippen LogP contribution < -0.4 is 10.1 Å². The normalized spacial score (nSPS) is 19.7. The minimum Gasteiger partial charge on any atom is -0.494 e. The van der Waals surface area contributed by atoms with Gasteiger partial charge in [0.15, 0.2) is 0 Å². The van der Waals surface area contributed by atoms with Crippen molar-refractivity contribution in [1.29, 1.82) is 0 Å². The van der Waals surface area contributed by atoms with Crippen molar-refractivity contribution in [2.45, 2.75) is 77.9 Å². The molecule has 2 atom stereocenters. The van der Waals surface area contributed by atoms with Crippen LogP contribution in [-0.2, 0) is 4.74 Å². The molecule has 1 N–H and O–H groups in total. The lowest BCUT2D eigenvalue weighted by Crippen LogP contribution is -2.47. The van der Waals surface area contributed by atoms with Gasteiger partial charge in [0.2, 0.25) is 0 Å². The zero-order valence-electron chi connectivity index (χ0n) is 17.2. The molecule has 1 saturated carbocycles. The summed E-state index contributed by atoms with van der Waals surface area (Å²) in [6.07, 6.45) is 7.35. The Hall–Kier alpha value is -1.75. The van der Waals surface area contributed by atoms with Gasteiger partial charge in [-0.25, -0.2) is 4.79 Å². The van der Waals surface area contributed by atoms with Crippen LogP contribution in [0.15, 0.2) is 24.3 Å². The number of amides is 1. The lowest BCUT2D eigenvalue weighted by Gasteiger charge is -2.38. The van der Waals surface area contributed by atoms with Crippen molar-refractivity contribution in [3.8, 4) is 5.75 Å². The predicted molar refractivity (Wildman–Crippen MR) is 111 cm³/mol. The standard InChI is InChI=1S/C22H36N2O3/c1-4-7-10-16-26-19-13-11-12-18(17-19)23-22(25)27-21-15-9-8-14-20(21)24(5-2)6-3/h11-13,17,20-21H,4-10,14-16H2,1-3H3,(H,23,25). The molecule has 5 heteroatoms. The van der Waals surface area contributed by atoms with E-state index < -0.39 is 0 Å². The molecule has 0 spiro atoms. The van der Waals surface area contributed by atoms with Gasteiger partial charge in [0.05, 0.1) is 6.61 Å². The second-order valence-corrected chi connectivity index (χ2v) is 7.23. The van der Waals surface area contributed by atoms with Crippen molar-refractivity contribution in [3.05, 3.63) is 24.3 Å². The van der Waals surface area contributed by atoms with E-state index in [1.807, 2.05) is 24.3 Å². The number of likely N-dealkylation sites (N-methyl/N-ethyl adjacent to an activating group) is 1. The molecule has 0 saturated heterocycles. The van der Waals surface area contributed by atoms with Gasteiger partial charge >= 0.3 is 6.09 Å². The smallest absolute Gasteiger partial charge is 0.411 e. The van der Waals surface area contributed by atoms with Crippen molar-refractivity contribution in [3.63, 3.8) is 0 Å². The number of carbonyl (C=O) groups excluding carboxylic acids is 1. The molecule has 1 aliphatic rings. The molecule has 0 aromatic heterocycles. The fraction of sp³-hybridized carbons (Fsp3) is 0.682. The first-order valence-electron chi connectivity index (χ1n) is 10.6. The summed E-state index contributed by atoms with van der Waals surface area (Å²) in [6.45, 7) is 9.19. The second kappa shape index (κ2) is 11.9. The number of anilines is 1. The number of hydrogen-bond acceptors (Lipinski definition) is 4. The zero-order chi connectivity index (χ0) is 19.5. The van der Waals surface area contributed by atoms with E-state index in [4.69, 9.17) is 9.47 Å². The number of carbonyl (C=O) groups is 1. The summed E-state index contributed by atoms with van der Waals surface area (Å²) in [4.78, 5) is 14.8. The quantitative estimate of drug-likeness (QED) is 0.551. The van der Waals surface area contributed by atoms with E-state index in [-0.39, 0.29) is 12.2 Å². The lowest BCUT2D eigenvalue weighted by molar-refractivity contribution is 0.0125. The van der Waals surface area contributed by atoms with E-state index >= 15 is 0 Å². The molecule has 1 aromatic carbocycles. The first-order chi connectivity index (χ1) is 13.2. The maximum Gasteiger partial charge on any atom is 0.411 e. The molecule has 27 heavy (non-hydrogen) atoms. The number of benzene rings is 1. The second-order valence-electron chi connectivity index (χ2n) is 7.23. The average Bonchev–Trinajstić information content (AvgIpc) is 2.68. The van der Waals surface area contributed by atoms with Crippen LogP contribution in [-0.4, -0.2) is 42.8 Å². The minimum absolute atomic E-state index is 0.0351. The van der Waals surface area contributed by atoms with Crippen LogP contribution in [0.1, 0.15) is 65.7 Å². The highest BCUT2D eigenvalue weighted by molar-refractivity contribution is 5.85. The maximum atomic E-state index is 12.4. The Labute approximate surface area is 164 Å². The highest BCUT2D eigenvalue weighted by Gasteiger charge is 2.31. The van der Waals surface area contributed by atoms with E-state index in [1.165, 1.54) is 19.3 Å². The molecule has 152 valence electrons. The number of nitrogens with one attached hydrogen (secondary N) is 1. The van der Waals surface area contributed by atoms with Crippen LogP contribution in [0.5, 0.6) is 5.75 Å². The summed E-state index contributed by atoms with van der Waals surface area (Å²) in [7, 11) is 0. The van der Waals surface area contributed by atoms with Crippen LogP contribution in [0.4, 0.5) is 10.5 Å². The SMILES string of the molecule is CCCCCOc1cccc(NC(=O)OC2CCCCC2N(CC)CC)c1. The number of hydrogen-bond donors (Lipinski definition) is 1. The summed E-state index contributed by atoms with van der Waals surface area (Å²) in [6, 6.07) is 7.86. The highest BCUT2D eigenvalue weighted by atomic mass is 16.6. The van der Waals surface area contributed by atoms with Gasteiger partial charge in [-0.2, -0.15) is 0 Å². The average molecular weight is 377 g/mol. The molecule has 1 aromatic rings. The molecule has 5 nitrogen and oxygen atoms in total. The Balaban J connectivity index is 1.88. The molecule has 2 unspecified atom stereocenters. The Kier molecular flexibility index (Phi) is 9.46. The van der Waals surface area contributed by atoms with Crippen molar-refractivity contribution in [1.82, 2.24) is 4.90 Å². The van der Waals surface area contributed by atoms with E-state index in [9.17, 15) is 4.79 Å². The van der Waals surface area contributed by atoms with E-state index in [0.29, 0.717) is 18.3 Å².